The van der Waals surface area contributed by atoms with Crippen molar-refractivity contribution in [1.29, 1.82) is 0 Å². The highest BCUT2D eigenvalue weighted by atomic mass is 32.2. The molecule has 0 saturated carbocycles. The Labute approximate surface area is 256 Å². The summed E-state index contributed by atoms with van der Waals surface area (Å²) in [5.74, 6) is 1.69. The molecule has 2 aliphatic rings. The van der Waals surface area contributed by atoms with E-state index in [0.717, 1.165) is 59.8 Å². The third kappa shape index (κ3) is 6.59. The number of amides is 1. The molecule has 0 radical (unpaired) electrons. The van der Waals surface area contributed by atoms with Gasteiger partial charge in [-0.15, -0.1) is 0 Å². The molecule has 230 valence electrons. The van der Waals surface area contributed by atoms with Crippen molar-refractivity contribution < 1.29 is 32.2 Å². The molecule has 1 atom stereocenters. The molecule has 0 bridgehead atoms. The Morgan fingerprint density at radius 2 is 2.07 bits per heavy atom. The molecular formula is C31H30F3N5O4S. The Balaban J connectivity index is 1.19. The highest BCUT2D eigenvalue weighted by Gasteiger charge is 2.26. The molecule has 44 heavy (non-hydrogen) atoms. The first-order valence-electron chi connectivity index (χ1n) is 14.1. The Morgan fingerprint density at radius 1 is 1.18 bits per heavy atom. The predicted molar refractivity (Wildman–Crippen MR) is 159 cm³/mol. The average molecular weight is 626 g/mol. The van der Waals surface area contributed by atoms with Crippen LogP contribution in [0.2, 0.25) is 0 Å². The summed E-state index contributed by atoms with van der Waals surface area (Å²) in [5.41, 5.74) is 0.786. The SMILES string of the molecule is COCCOc1cnc2c(c1)CCCN2c1ccc2cnc(CNC(=O)c3cc4c(c(C(F)F)c3)COCC(F)S4)cc2n1. The van der Waals surface area contributed by atoms with E-state index in [2.05, 4.69) is 20.2 Å². The summed E-state index contributed by atoms with van der Waals surface area (Å²) in [6.45, 7) is 1.40. The van der Waals surface area contributed by atoms with E-state index in [1.165, 1.54) is 6.07 Å². The molecule has 1 unspecified atom stereocenters. The lowest BCUT2D eigenvalue weighted by Crippen LogP contribution is -2.26. The summed E-state index contributed by atoms with van der Waals surface area (Å²) < 4.78 is 57.7. The third-order valence-electron chi connectivity index (χ3n) is 7.37. The maximum atomic E-state index is 14.1. The number of pyridine rings is 3. The zero-order chi connectivity index (χ0) is 30.6. The van der Waals surface area contributed by atoms with Gasteiger partial charge in [-0.3, -0.25) is 9.78 Å². The molecule has 1 amide bonds. The number of benzene rings is 1. The topological polar surface area (TPSA) is 98.7 Å². The number of ether oxygens (including phenoxy) is 3. The number of alkyl halides is 3. The quantitative estimate of drug-likeness (QED) is 0.227. The smallest absolute Gasteiger partial charge is 0.264 e. The van der Waals surface area contributed by atoms with Crippen LogP contribution in [0.25, 0.3) is 10.9 Å². The van der Waals surface area contributed by atoms with E-state index >= 15 is 0 Å². The van der Waals surface area contributed by atoms with Gasteiger partial charge in [0.15, 0.2) is 5.50 Å². The molecule has 5 heterocycles. The normalized spacial score (nSPS) is 16.4. The second-order valence-electron chi connectivity index (χ2n) is 10.4. The van der Waals surface area contributed by atoms with Gasteiger partial charge < -0.3 is 24.4 Å². The van der Waals surface area contributed by atoms with Gasteiger partial charge in [0.2, 0.25) is 0 Å². The van der Waals surface area contributed by atoms with Gasteiger partial charge in [-0.1, -0.05) is 11.8 Å². The van der Waals surface area contributed by atoms with Crippen molar-refractivity contribution in [2.24, 2.45) is 0 Å². The van der Waals surface area contributed by atoms with E-state index in [9.17, 15) is 18.0 Å². The number of halogens is 3. The van der Waals surface area contributed by atoms with E-state index in [1.54, 1.807) is 25.6 Å². The number of carbonyl (C=O) groups excluding carboxylic acids is 1. The summed E-state index contributed by atoms with van der Waals surface area (Å²) in [5, 5.41) is 3.57. The maximum absolute atomic E-state index is 14.1. The van der Waals surface area contributed by atoms with Crippen molar-refractivity contribution in [2.45, 2.75) is 42.8 Å². The first kappa shape index (κ1) is 30.1. The van der Waals surface area contributed by atoms with Gasteiger partial charge >= 0.3 is 0 Å². The molecule has 0 saturated heterocycles. The number of carbonyl (C=O) groups is 1. The summed E-state index contributed by atoms with van der Waals surface area (Å²) in [6, 6.07) is 10.2. The lowest BCUT2D eigenvalue weighted by atomic mass is 10.0. The molecule has 0 fully saturated rings. The molecule has 3 aromatic heterocycles. The fourth-order valence-electron chi connectivity index (χ4n) is 5.23. The highest BCUT2D eigenvalue weighted by Crippen LogP contribution is 2.38. The lowest BCUT2D eigenvalue weighted by Gasteiger charge is -2.29. The number of hydrogen-bond acceptors (Lipinski definition) is 9. The molecule has 1 N–H and O–H groups in total. The summed E-state index contributed by atoms with van der Waals surface area (Å²) in [6.07, 6.45) is 2.35. The molecule has 0 aliphatic carbocycles. The molecule has 4 aromatic rings. The second kappa shape index (κ2) is 13.4. The van der Waals surface area contributed by atoms with Crippen molar-refractivity contribution in [3.63, 3.8) is 0 Å². The summed E-state index contributed by atoms with van der Waals surface area (Å²) >= 11 is 0.780. The monoisotopic (exact) mass is 625 g/mol. The molecule has 0 spiro atoms. The largest absolute Gasteiger partial charge is 0.490 e. The molecule has 9 nitrogen and oxygen atoms in total. The molecular weight excluding hydrogens is 595 g/mol. The van der Waals surface area contributed by atoms with E-state index < -0.39 is 17.8 Å². The van der Waals surface area contributed by atoms with Crippen LogP contribution < -0.4 is 15.0 Å². The summed E-state index contributed by atoms with van der Waals surface area (Å²) in [4.78, 5) is 29.4. The molecule has 13 heteroatoms. The minimum absolute atomic E-state index is 0.0189. The van der Waals surface area contributed by atoms with E-state index in [-0.39, 0.29) is 41.3 Å². The predicted octanol–water partition coefficient (Wildman–Crippen LogP) is 5.92. The van der Waals surface area contributed by atoms with Crippen LogP contribution in [0, 0.1) is 0 Å². The van der Waals surface area contributed by atoms with Crippen molar-refractivity contribution in [2.75, 3.05) is 38.4 Å². The zero-order valence-corrected chi connectivity index (χ0v) is 24.7. The first-order valence-corrected chi connectivity index (χ1v) is 15.0. The maximum Gasteiger partial charge on any atom is 0.264 e. The van der Waals surface area contributed by atoms with E-state index in [1.807, 2.05) is 18.2 Å². The van der Waals surface area contributed by atoms with Crippen molar-refractivity contribution in [3.8, 4) is 5.75 Å². The number of nitrogens with zero attached hydrogens (tertiary/aromatic N) is 4. The standard InChI is InChI=1S/C31H30F3N5O4S/c1-41-7-8-43-22-9-18-3-2-6-39(30(18)36-15-22)28-5-4-19-13-35-21(12-25(19)38-28)14-37-31(40)20-10-23(29(33)34)24-16-42-17-27(32)44-26(24)11-20/h4-5,9-13,15,27,29H,2-3,6-8,14,16-17H2,1H3,(H,37,40). The van der Waals surface area contributed by atoms with Crippen LogP contribution in [0.4, 0.5) is 24.8 Å². The third-order valence-corrected chi connectivity index (χ3v) is 8.38. The van der Waals surface area contributed by atoms with Gasteiger partial charge in [0.05, 0.1) is 43.8 Å². The van der Waals surface area contributed by atoms with Crippen LogP contribution in [-0.4, -0.2) is 59.8 Å². The van der Waals surface area contributed by atoms with Crippen LogP contribution in [-0.2, 0) is 29.0 Å². The van der Waals surface area contributed by atoms with Gasteiger partial charge in [0.1, 0.15) is 24.0 Å². The van der Waals surface area contributed by atoms with Crippen LogP contribution in [0.3, 0.4) is 0 Å². The highest BCUT2D eigenvalue weighted by molar-refractivity contribution is 7.99. The van der Waals surface area contributed by atoms with Crippen LogP contribution in [0.5, 0.6) is 5.75 Å². The van der Waals surface area contributed by atoms with Crippen LogP contribution >= 0.6 is 11.8 Å². The number of rotatable bonds is 9. The fourth-order valence-corrected chi connectivity index (χ4v) is 6.19. The Bertz CT molecular complexity index is 1680. The number of anilines is 2. The van der Waals surface area contributed by atoms with Gasteiger partial charge in [-0.25, -0.2) is 23.1 Å². The summed E-state index contributed by atoms with van der Waals surface area (Å²) in [7, 11) is 1.63. The Morgan fingerprint density at radius 3 is 2.91 bits per heavy atom. The number of thioether (sulfide) groups is 1. The number of hydrogen-bond donors (Lipinski definition) is 1. The number of fused-ring (bicyclic) bond motifs is 3. The minimum atomic E-state index is -2.84. The number of nitrogens with one attached hydrogen (secondary N) is 1. The van der Waals surface area contributed by atoms with Crippen molar-refractivity contribution in [1.82, 2.24) is 20.3 Å². The van der Waals surface area contributed by atoms with Crippen molar-refractivity contribution in [3.05, 3.63) is 76.7 Å². The Hall–Kier alpha value is -3.94. The first-order chi connectivity index (χ1) is 21.4. The molecule has 6 rings (SSSR count). The zero-order valence-electron chi connectivity index (χ0n) is 23.9. The second-order valence-corrected chi connectivity index (χ2v) is 11.5. The number of aryl methyl sites for hydroxylation is 1. The van der Waals surface area contributed by atoms with Gasteiger partial charge in [-0.05, 0) is 54.8 Å². The van der Waals surface area contributed by atoms with E-state index in [0.29, 0.717) is 30.2 Å². The van der Waals surface area contributed by atoms with Crippen molar-refractivity contribution >= 4 is 40.2 Å². The van der Waals surface area contributed by atoms with Crippen LogP contribution in [0.1, 0.15) is 45.6 Å². The van der Waals surface area contributed by atoms with Gasteiger partial charge in [-0.2, -0.15) is 0 Å². The lowest BCUT2D eigenvalue weighted by molar-refractivity contribution is 0.0927. The fraction of sp³-hybridized carbons (Fsp3) is 0.355. The van der Waals surface area contributed by atoms with Crippen LogP contribution in [0.15, 0.2) is 53.7 Å². The Kier molecular flexibility index (Phi) is 9.14. The van der Waals surface area contributed by atoms with E-state index in [4.69, 9.17) is 19.2 Å². The molecule has 1 aromatic carbocycles. The van der Waals surface area contributed by atoms with Gasteiger partial charge in [0, 0.05) is 46.8 Å². The number of aromatic nitrogens is 3. The number of methoxy groups -OCH3 is 1. The van der Waals surface area contributed by atoms with Gasteiger partial charge in [0.25, 0.3) is 12.3 Å². The molecule has 2 aliphatic heterocycles. The minimum Gasteiger partial charge on any atom is -0.490 e. The average Bonchev–Trinajstić information content (AvgIpc) is 3.22.